The Labute approximate surface area is 149 Å². The number of pyridine rings is 1. The van der Waals surface area contributed by atoms with Crippen LogP contribution in [-0.4, -0.2) is 14.8 Å². The molecule has 2 aromatic heterocycles. The van der Waals surface area contributed by atoms with Gasteiger partial charge in [0.1, 0.15) is 17.3 Å². The number of rotatable bonds is 2. The van der Waals surface area contributed by atoms with Crippen LogP contribution < -0.4 is 5.73 Å². The first-order chi connectivity index (χ1) is 12.8. The molecule has 0 aliphatic carbocycles. The lowest BCUT2D eigenvalue weighted by Gasteiger charge is -2.14. The minimum atomic E-state index is -5.24. The highest BCUT2D eigenvalue weighted by Gasteiger charge is 2.39. The van der Waals surface area contributed by atoms with Crippen LogP contribution in [-0.2, 0) is 12.4 Å². The van der Waals surface area contributed by atoms with Gasteiger partial charge in [0.15, 0.2) is 5.69 Å². The summed E-state index contributed by atoms with van der Waals surface area (Å²) in [4.78, 5) is 2.83. The third-order valence-corrected chi connectivity index (χ3v) is 3.69. The third kappa shape index (κ3) is 3.31. The van der Waals surface area contributed by atoms with Gasteiger partial charge in [0.2, 0.25) is 0 Å². The highest BCUT2D eigenvalue weighted by atomic mass is 19.4. The molecule has 4 nitrogen and oxygen atoms in total. The van der Waals surface area contributed by atoms with E-state index in [9.17, 15) is 39.5 Å². The van der Waals surface area contributed by atoms with Crippen LogP contribution in [0.3, 0.4) is 0 Å². The molecule has 28 heavy (non-hydrogen) atoms. The van der Waals surface area contributed by atoms with E-state index in [-0.39, 0.29) is 10.7 Å². The van der Waals surface area contributed by atoms with Crippen LogP contribution in [0.25, 0.3) is 16.6 Å². The second kappa shape index (κ2) is 6.27. The van der Waals surface area contributed by atoms with E-state index in [1.54, 1.807) is 0 Å². The number of aromatic nitrogens is 3. The molecule has 3 rings (SSSR count). The second-order valence-corrected chi connectivity index (χ2v) is 5.54. The predicted octanol–water partition coefficient (Wildman–Crippen LogP) is 5.12. The highest BCUT2D eigenvalue weighted by Crippen LogP contribution is 2.40. The number of nitrogen functional groups attached to an aromatic ring is 1. The lowest BCUT2D eigenvalue weighted by Crippen LogP contribution is -2.14. The number of hydrogen-bond acceptors (Lipinski definition) is 3. The van der Waals surface area contributed by atoms with Crippen molar-refractivity contribution >= 4 is 16.7 Å². The number of halogens is 9. The topological polar surface area (TPSA) is 56.7 Å². The highest BCUT2D eigenvalue weighted by molar-refractivity contribution is 5.92. The lowest BCUT2D eigenvalue weighted by atomic mass is 10.1. The molecular weight excluding hydrogens is 407 g/mol. The van der Waals surface area contributed by atoms with Crippen molar-refractivity contribution < 1.29 is 39.5 Å². The van der Waals surface area contributed by atoms with Crippen LogP contribution in [0.4, 0.5) is 45.3 Å². The van der Waals surface area contributed by atoms with Gasteiger partial charge in [0.05, 0.1) is 22.2 Å². The number of nitrogens with zero attached hydrogens (tertiary/aromatic N) is 3. The van der Waals surface area contributed by atoms with E-state index >= 15 is 0 Å². The maximum Gasteiger partial charge on any atom is 0.434 e. The van der Waals surface area contributed by atoms with Gasteiger partial charge < -0.3 is 5.73 Å². The van der Waals surface area contributed by atoms with Gasteiger partial charge in [0.25, 0.3) is 6.43 Å². The molecule has 1 aromatic carbocycles. The maximum absolute atomic E-state index is 13.3. The summed E-state index contributed by atoms with van der Waals surface area (Å²) in [6.07, 6.45) is -13.7. The van der Waals surface area contributed by atoms with Crippen molar-refractivity contribution in [2.24, 2.45) is 0 Å². The minimum absolute atomic E-state index is 0.106. The van der Waals surface area contributed by atoms with Crippen LogP contribution in [0.1, 0.15) is 23.4 Å². The van der Waals surface area contributed by atoms with Gasteiger partial charge in [-0.1, -0.05) is 0 Å². The third-order valence-electron chi connectivity index (χ3n) is 3.69. The number of nitrogens with two attached hydrogens (primary N) is 1. The van der Waals surface area contributed by atoms with Gasteiger partial charge in [-0.3, -0.25) is 0 Å². The van der Waals surface area contributed by atoms with Crippen molar-refractivity contribution in [2.45, 2.75) is 18.8 Å². The van der Waals surface area contributed by atoms with Crippen molar-refractivity contribution in [3.05, 3.63) is 47.0 Å². The van der Waals surface area contributed by atoms with E-state index < -0.39 is 64.0 Å². The fraction of sp³-hybridized carbons (Fsp3) is 0.200. The molecule has 2 heterocycles. The SMILES string of the molecule is Nc1c2c(C(F)(F)F)nc(C(F)F)cc2nn1-c1ccc(F)cc1C(F)(F)F. The van der Waals surface area contributed by atoms with Crippen molar-refractivity contribution in [3.63, 3.8) is 0 Å². The van der Waals surface area contributed by atoms with Gasteiger partial charge >= 0.3 is 12.4 Å². The molecule has 2 N–H and O–H groups in total. The number of hydrogen-bond donors (Lipinski definition) is 1. The summed E-state index contributed by atoms with van der Waals surface area (Å²) in [5.41, 5.74) is -0.731. The van der Waals surface area contributed by atoms with Crippen LogP contribution in [0.2, 0.25) is 0 Å². The summed E-state index contributed by atoms with van der Waals surface area (Å²) in [6, 6.07) is 1.81. The molecule has 0 spiro atoms. The Morgan fingerprint density at radius 3 is 2.14 bits per heavy atom. The Morgan fingerprint density at radius 1 is 0.964 bits per heavy atom. The Bertz CT molecular complexity index is 1050. The first kappa shape index (κ1) is 19.8. The zero-order valence-corrected chi connectivity index (χ0v) is 13.2. The van der Waals surface area contributed by atoms with E-state index in [0.29, 0.717) is 18.2 Å². The normalized spacial score (nSPS) is 12.9. The molecule has 0 amide bonds. The Kier molecular flexibility index (Phi) is 4.43. The van der Waals surface area contributed by atoms with E-state index in [0.717, 1.165) is 0 Å². The number of anilines is 1. The molecule has 0 aliphatic heterocycles. The molecule has 0 bridgehead atoms. The fourth-order valence-corrected chi connectivity index (χ4v) is 2.57. The van der Waals surface area contributed by atoms with E-state index in [2.05, 4.69) is 10.1 Å². The van der Waals surface area contributed by atoms with Crippen molar-refractivity contribution in [1.82, 2.24) is 14.8 Å². The first-order valence-corrected chi connectivity index (χ1v) is 7.22. The summed E-state index contributed by atoms with van der Waals surface area (Å²) >= 11 is 0. The monoisotopic (exact) mass is 414 g/mol. The molecule has 0 radical (unpaired) electrons. The minimum Gasteiger partial charge on any atom is -0.383 e. The summed E-state index contributed by atoms with van der Waals surface area (Å²) < 4.78 is 119. The van der Waals surface area contributed by atoms with E-state index in [4.69, 9.17) is 5.73 Å². The van der Waals surface area contributed by atoms with Gasteiger partial charge in [-0.2, -0.15) is 31.4 Å². The van der Waals surface area contributed by atoms with Gasteiger partial charge in [-0.25, -0.2) is 22.8 Å². The molecule has 0 atom stereocenters. The molecular formula is C15H7F9N4. The zero-order valence-electron chi connectivity index (χ0n) is 13.2. The van der Waals surface area contributed by atoms with Crippen LogP contribution in [0.15, 0.2) is 24.3 Å². The van der Waals surface area contributed by atoms with Gasteiger partial charge in [0, 0.05) is 0 Å². The van der Waals surface area contributed by atoms with E-state index in [1.807, 2.05) is 0 Å². The Balaban J connectivity index is 2.39. The standard InChI is InChI=1S/C15H7F9N4/c16-5-1-2-9(6(3-5)14(19,20)21)28-13(25)10-7(27-28)4-8(12(17)18)26-11(10)15(22,23)24/h1-4,12H,25H2. The van der Waals surface area contributed by atoms with Crippen LogP contribution >= 0.6 is 0 Å². The fourth-order valence-electron chi connectivity index (χ4n) is 2.57. The van der Waals surface area contributed by atoms with Crippen LogP contribution in [0, 0.1) is 5.82 Å². The average molecular weight is 414 g/mol. The van der Waals surface area contributed by atoms with Gasteiger partial charge in [-0.15, -0.1) is 0 Å². The predicted molar refractivity (Wildman–Crippen MR) is 78.2 cm³/mol. The first-order valence-electron chi connectivity index (χ1n) is 7.22. The summed E-state index contributed by atoms with van der Waals surface area (Å²) in [7, 11) is 0. The molecule has 13 heteroatoms. The molecule has 0 fully saturated rings. The summed E-state index contributed by atoms with van der Waals surface area (Å²) in [5, 5.41) is 2.55. The lowest BCUT2D eigenvalue weighted by molar-refractivity contribution is -0.140. The number of benzene rings is 1. The quantitative estimate of drug-likeness (QED) is 0.593. The number of fused-ring (bicyclic) bond motifs is 1. The second-order valence-electron chi connectivity index (χ2n) is 5.54. The Hall–Kier alpha value is -2.99. The van der Waals surface area contributed by atoms with Crippen molar-refractivity contribution in [2.75, 3.05) is 5.73 Å². The summed E-state index contributed by atoms with van der Waals surface area (Å²) in [5.74, 6) is -2.18. The van der Waals surface area contributed by atoms with Crippen LogP contribution in [0.5, 0.6) is 0 Å². The maximum atomic E-state index is 13.3. The smallest absolute Gasteiger partial charge is 0.383 e. The molecule has 0 saturated heterocycles. The number of alkyl halides is 8. The summed E-state index contributed by atoms with van der Waals surface area (Å²) in [6.45, 7) is 0. The molecule has 150 valence electrons. The Morgan fingerprint density at radius 2 is 1.61 bits per heavy atom. The molecule has 0 saturated carbocycles. The largest absolute Gasteiger partial charge is 0.434 e. The zero-order chi connectivity index (χ0) is 21.0. The molecule has 0 aliphatic rings. The van der Waals surface area contributed by atoms with Crippen molar-refractivity contribution in [1.29, 1.82) is 0 Å². The van der Waals surface area contributed by atoms with Gasteiger partial charge in [-0.05, 0) is 24.3 Å². The van der Waals surface area contributed by atoms with Crippen molar-refractivity contribution in [3.8, 4) is 5.69 Å². The molecule has 0 unspecified atom stereocenters. The average Bonchev–Trinajstić information content (AvgIpc) is 2.89. The molecule has 3 aromatic rings. The van der Waals surface area contributed by atoms with E-state index in [1.165, 1.54) is 0 Å².